The second-order valence-corrected chi connectivity index (χ2v) is 7.44. The number of aryl methyl sites for hydroxylation is 1. The molecule has 2 heterocycles. The number of fused-ring (bicyclic) bond motifs is 1. The highest BCUT2D eigenvalue weighted by atomic mass is 16.5. The Morgan fingerprint density at radius 3 is 2.66 bits per heavy atom. The Balaban J connectivity index is 1.50. The second kappa shape index (κ2) is 9.11. The lowest BCUT2D eigenvalue weighted by Crippen LogP contribution is -2.44. The third-order valence-corrected chi connectivity index (χ3v) is 5.51. The van der Waals surface area contributed by atoms with Gasteiger partial charge in [0.05, 0.1) is 25.4 Å². The van der Waals surface area contributed by atoms with Gasteiger partial charge in [-0.3, -0.25) is 4.90 Å². The standard InChI is InChI=1S/C23H28N4O2/c1-25-11-5-8-20(25)18-27(13-12-26-14-16-29-17-15-26)23(28)24-22-10-4-7-19-6-2-3-9-21(19)22/h2-11H,12-18H2,1H3,(H,24,28). The van der Waals surface area contributed by atoms with E-state index < -0.39 is 0 Å². The summed E-state index contributed by atoms with van der Waals surface area (Å²) >= 11 is 0. The van der Waals surface area contributed by atoms with Crippen molar-refractivity contribution in [1.82, 2.24) is 14.4 Å². The van der Waals surface area contributed by atoms with Crippen LogP contribution in [0, 0.1) is 0 Å². The molecule has 2 amide bonds. The summed E-state index contributed by atoms with van der Waals surface area (Å²) in [5, 5.41) is 5.31. The van der Waals surface area contributed by atoms with Crippen LogP contribution in [-0.2, 0) is 18.3 Å². The van der Waals surface area contributed by atoms with Crippen molar-refractivity contribution >= 4 is 22.5 Å². The molecule has 0 bridgehead atoms. The van der Waals surface area contributed by atoms with Crippen LogP contribution in [0.4, 0.5) is 10.5 Å². The zero-order valence-electron chi connectivity index (χ0n) is 16.9. The topological polar surface area (TPSA) is 49.7 Å². The molecule has 2 aromatic carbocycles. The van der Waals surface area contributed by atoms with Gasteiger partial charge in [-0.05, 0) is 23.6 Å². The number of rotatable bonds is 6. The minimum atomic E-state index is -0.0733. The first-order valence-corrected chi connectivity index (χ1v) is 10.1. The summed E-state index contributed by atoms with van der Waals surface area (Å²) < 4.78 is 7.50. The van der Waals surface area contributed by atoms with Crippen molar-refractivity contribution in [2.75, 3.05) is 44.7 Å². The first-order valence-electron chi connectivity index (χ1n) is 10.1. The minimum absolute atomic E-state index is 0.0733. The normalized spacial score (nSPS) is 14.8. The van der Waals surface area contributed by atoms with Gasteiger partial charge < -0.3 is 19.5 Å². The van der Waals surface area contributed by atoms with E-state index in [0.717, 1.165) is 55.0 Å². The van der Waals surface area contributed by atoms with Gasteiger partial charge in [0.2, 0.25) is 0 Å². The van der Waals surface area contributed by atoms with Gasteiger partial charge >= 0.3 is 6.03 Å². The number of hydrogen-bond donors (Lipinski definition) is 1. The summed E-state index contributed by atoms with van der Waals surface area (Å²) in [5.74, 6) is 0. The number of nitrogens with one attached hydrogen (secondary N) is 1. The van der Waals surface area contributed by atoms with Crippen molar-refractivity contribution in [2.45, 2.75) is 6.54 Å². The average Bonchev–Trinajstić information content (AvgIpc) is 3.16. The molecule has 1 aromatic heterocycles. The molecule has 1 aliphatic heterocycles. The number of morpholine rings is 1. The summed E-state index contributed by atoms with van der Waals surface area (Å²) in [4.78, 5) is 17.5. The summed E-state index contributed by atoms with van der Waals surface area (Å²) in [6.45, 7) is 5.45. The van der Waals surface area contributed by atoms with Crippen molar-refractivity contribution in [2.24, 2.45) is 7.05 Å². The summed E-state index contributed by atoms with van der Waals surface area (Å²) in [7, 11) is 2.01. The largest absolute Gasteiger partial charge is 0.379 e. The smallest absolute Gasteiger partial charge is 0.322 e. The van der Waals surface area contributed by atoms with E-state index in [1.54, 1.807) is 0 Å². The summed E-state index contributed by atoms with van der Waals surface area (Å²) in [6.07, 6.45) is 2.01. The summed E-state index contributed by atoms with van der Waals surface area (Å²) in [6, 6.07) is 18.1. The molecule has 29 heavy (non-hydrogen) atoms. The summed E-state index contributed by atoms with van der Waals surface area (Å²) in [5.41, 5.74) is 1.96. The molecule has 0 radical (unpaired) electrons. The maximum Gasteiger partial charge on any atom is 0.322 e. The zero-order valence-corrected chi connectivity index (χ0v) is 16.9. The molecule has 6 nitrogen and oxygen atoms in total. The van der Waals surface area contributed by atoms with Gasteiger partial charge in [0.1, 0.15) is 0 Å². The van der Waals surface area contributed by atoms with Crippen molar-refractivity contribution in [1.29, 1.82) is 0 Å². The maximum atomic E-state index is 13.2. The highest BCUT2D eigenvalue weighted by Crippen LogP contribution is 2.23. The van der Waals surface area contributed by atoms with Crippen LogP contribution in [0.1, 0.15) is 5.69 Å². The zero-order chi connectivity index (χ0) is 20.1. The monoisotopic (exact) mass is 392 g/mol. The predicted octanol–water partition coefficient (Wildman–Crippen LogP) is 3.54. The van der Waals surface area contributed by atoms with E-state index >= 15 is 0 Å². The third kappa shape index (κ3) is 4.78. The Kier molecular flexibility index (Phi) is 6.12. The molecule has 6 heteroatoms. The molecule has 4 rings (SSSR count). The molecule has 0 unspecified atom stereocenters. The van der Waals surface area contributed by atoms with E-state index in [0.29, 0.717) is 13.1 Å². The van der Waals surface area contributed by atoms with Crippen LogP contribution in [0.15, 0.2) is 60.8 Å². The Labute approximate surface area is 171 Å². The average molecular weight is 393 g/mol. The first-order chi connectivity index (χ1) is 14.2. The lowest BCUT2D eigenvalue weighted by molar-refractivity contribution is 0.0348. The number of carbonyl (C=O) groups is 1. The number of aromatic nitrogens is 1. The van der Waals surface area contributed by atoms with E-state index in [9.17, 15) is 4.79 Å². The molecular formula is C23H28N4O2. The molecule has 1 saturated heterocycles. The van der Waals surface area contributed by atoms with Gasteiger partial charge in [-0.25, -0.2) is 4.79 Å². The van der Waals surface area contributed by atoms with Crippen LogP contribution in [0.25, 0.3) is 10.8 Å². The van der Waals surface area contributed by atoms with E-state index in [-0.39, 0.29) is 6.03 Å². The Hall–Kier alpha value is -2.83. The number of nitrogens with zero attached hydrogens (tertiary/aromatic N) is 3. The van der Waals surface area contributed by atoms with Gasteiger partial charge in [-0.1, -0.05) is 36.4 Å². The number of carbonyl (C=O) groups excluding carboxylic acids is 1. The predicted molar refractivity (Wildman–Crippen MR) is 116 cm³/mol. The molecule has 0 aliphatic carbocycles. The van der Waals surface area contributed by atoms with Crippen LogP contribution in [0.3, 0.4) is 0 Å². The minimum Gasteiger partial charge on any atom is -0.379 e. The quantitative estimate of drug-likeness (QED) is 0.698. The Morgan fingerprint density at radius 2 is 1.86 bits per heavy atom. The van der Waals surface area contributed by atoms with Crippen molar-refractivity contribution in [3.63, 3.8) is 0 Å². The van der Waals surface area contributed by atoms with Crippen molar-refractivity contribution < 1.29 is 9.53 Å². The molecule has 1 aliphatic rings. The van der Waals surface area contributed by atoms with E-state index in [4.69, 9.17) is 4.74 Å². The van der Waals surface area contributed by atoms with Crippen LogP contribution in [-0.4, -0.2) is 59.8 Å². The molecule has 0 saturated carbocycles. The fourth-order valence-electron chi connectivity index (χ4n) is 3.72. The number of anilines is 1. The van der Waals surface area contributed by atoms with Gasteiger partial charge in [-0.15, -0.1) is 0 Å². The third-order valence-electron chi connectivity index (χ3n) is 5.51. The van der Waals surface area contributed by atoms with Crippen LogP contribution >= 0.6 is 0 Å². The van der Waals surface area contributed by atoms with E-state index in [1.807, 2.05) is 54.5 Å². The number of amides is 2. The van der Waals surface area contributed by atoms with Gasteiger partial charge in [0.25, 0.3) is 0 Å². The number of ether oxygens (including phenoxy) is 1. The Morgan fingerprint density at radius 1 is 1.07 bits per heavy atom. The first kappa shape index (κ1) is 19.5. The van der Waals surface area contributed by atoms with Crippen molar-refractivity contribution in [3.05, 3.63) is 66.5 Å². The number of hydrogen-bond acceptors (Lipinski definition) is 3. The van der Waals surface area contributed by atoms with Gasteiger partial charge in [-0.2, -0.15) is 0 Å². The van der Waals surface area contributed by atoms with Crippen molar-refractivity contribution in [3.8, 4) is 0 Å². The van der Waals surface area contributed by atoms with Crippen LogP contribution in [0.2, 0.25) is 0 Å². The second-order valence-electron chi connectivity index (χ2n) is 7.44. The SMILES string of the molecule is Cn1cccc1CN(CCN1CCOCC1)C(=O)Nc1cccc2ccccc12. The van der Waals surface area contributed by atoms with E-state index in [1.165, 1.54) is 0 Å². The number of urea groups is 1. The fourth-order valence-corrected chi connectivity index (χ4v) is 3.72. The van der Waals surface area contributed by atoms with E-state index in [2.05, 4.69) is 33.0 Å². The molecule has 152 valence electrons. The number of benzene rings is 2. The molecule has 0 atom stereocenters. The maximum absolute atomic E-state index is 13.2. The molecular weight excluding hydrogens is 364 g/mol. The lowest BCUT2D eigenvalue weighted by atomic mass is 10.1. The fraction of sp³-hybridized carbons (Fsp3) is 0.348. The lowest BCUT2D eigenvalue weighted by Gasteiger charge is -2.30. The molecule has 1 N–H and O–H groups in total. The van der Waals surface area contributed by atoms with Gasteiger partial charge in [0, 0.05) is 50.5 Å². The highest BCUT2D eigenvalue weighted by molar-refractivity contribution is 6.01. The van der Waals surface area contributed by atoms with Crippen LogP contribution < -0.4 is 5.32 Å². The van der Waals surface area contributed by atoms with Crippen LogP contribution in [0.5, 0.6) is 0 Å². The molecule has 1 fully saturated rings. The molecule has 0 spiro atoms. The highest BCUT2D eigenvalue weighted by Gasteiger charge is 2.19. The molecule has 3 aromatic rings. The van der Waals surface area contributed by atoms with Gasteiger partial charge in [0.15, 0.2) is 0 Å². The Bertz CT molecular complexity index is 957.